The van der Waals surface area contributed by atoms with Gasteiger partial charge < -0.3 is 10.4 Å². The molecule has 1 amide bonds. The van der Waals surface area contributed by atoms with E-state index in [2.05, 4.69) is 5.32 Å². The number of carbonyl (C=O) groups is 2. The molecule has 4 atom stereocenters. The van der Waals surface area contributed by atoms with Crippen molar-refractivity contribution in [2.45, 2.75) is 19.8 Å². The molecule has 0 radical (unpaired) electrons. The Morgan fingerprint density at radius 3 is 2.50 bits per heavy atom. The van der Waals surface area contributed by atoms with E-state index in [0.29, 0.717) is 6.54 Å². The molecule has 1 fully saturated rings. The van der Waals surface area contributed by atoms with Crippen LogP contribution in [-0.2, 0) is 9.59 Å². The van der Waals surface area contributed by atoms with E-state index in [4.69, 9.17) is 5.11 Å². The first kappa shape index (κ1) is 11.2. The first-order valence-electron chi connectivity index (χ1n) is 5.84. The number of carboxylic acid groups (broad SMARTS) is 1. The van der Waals surface area contributed by atoms with Crippen LogP contribution in [0.4, 0.5) is 0 Å². The monoisotopic (exact) mass is 223 g/mol. The third-order valence-electron chi connectivity index (χ3n) is 3.60. The van der Waals surface area contributed by atoms with Crippen LogP contribution >= 0.6 is 0 Å². The SMILES string of the molecule is CCCNC(=O)[C@H]1[C@@H](C(=O)O)[C@H]2C=C[C@H]1C2. The highest BCUT2D eigenvalue weighted by molar-refractivity contribution is 5.86. The summed E-state index contributed by atoms with van der Waals surface area (Å²) >= 11 is 0. The molecule has 88 valence electrons. The molecular formula is C12H17NO3. The fraction of sp³-hybridized carbons (Fsp3) is 0.667. The van der Waals surface area contributed by atoms with Crippen LogP contribution in [0.5, 0.6) is 0 Å². The van der Waals surface area contributed by atoms with Crippen LogP contribution < -0.4 is 5.32 Å². The highest BCUT2D eigenvalue weighted by Gasteiger charge is 2.51. The summed E-state index contributed by atoms with van der Waals surface area (Å²) in [6, 6.07) is 0. The van der Waals surface area contributed by atoms with E-state index in [9.17, 15) is 9.59 Å². The van der Waals surface area contributed by atoms with Crippen molar-refractivity contribution < 1.29 is 14.7 Å². The molecule has 0 heterocycles. The maximum absolute atomic E-state index is 11.9. The van der Waals surface area contributed by atoms with Gasteiger partial charge in [-0.3, -0.25) is 9.59 Å². The minimum Gasteiger partial charge on any atom is -0.481 e. The second-order valence-electron chi connectivity index (χ2n) is 4.63. The van der Waals surface area contributed by atoms with Crippen LogP contribution in [0.25, 0.3) is 0 Å². The average Bonchev–Trinajstić information content (AvgIpc) is 2.84. The maximum Gasteiger partial charge on any atom is 0.307 e. The topological polar surface area (TPSA) is 66.4 Å². The fourth-order valence-corrected chi connectivity index (χ4v) is 2.88. The van der Waals surface area contributed by atoms with Gasteiger partial charge in [0.25, 0.3) is 0 Å². The fourth-order valence-electron chi connectivity index (χ4n) is 2.88. The number of allylic oxidation sites excluding steroid dienone is 2. The van der Waals surface area contributed by atoms with E-state index in [1.807, 2.05) is 19.1 Å². The lowest BCUT2D eigenvalue weighted by Gasteiger charge is -2.23. The van der Waals surface area contributed by atoms with Crippen molar-refractivity contribution in [2.75, 3.05) is 6.54 Å². The van der Waals surface area contributed by atoms with Crippen molar-refractivity contribution in [1.29, 1.82) is 0 Å². The molecule has 4 nitrogen and oxygen atoms in total. The molecule has 0 unspecified atom stereocenters. The van der Waals surface area contributed by atoms with Gasteiger partial charge in [0.1, 0.15) is 0 Å². The van der Waals surface area contributed by atoms with Crippen molar-refractivity contribution in [3.8, 4) is 0 Å². The molecule has 16 heavy (non-hydrogen) atoms. The molecular weight excluding hydrogens is 206 g/mol. The lowest BCUT2D eigenvalue weighted by atomic mass is 9.82. The van der Waals surface area contributed by atoms with Gasteiger partial charge >= 0.3 is 5.97 Å². The molecule has 2 aliphatic rings. The highest BCUT2D eigenvalue weighted by atomic mass is 16.4. The third-order valence-corrected chi connectivity index (χ3v) is 3.60. The smallest absolute Gasteiger partial charge is 0.307 e. The summed E-state index contributed by atoms with van der Waals surface area (Å²) in [6.07, 6.45) is 5.65. The summed E-state index contributed by atoms with van der Waals surface area (Å²) in [5, 5.41) is 12.0. The molecule has 0 aromatic heterocycles. The molecule has 0 saturated heterocycles. The van der Waals surface area contributed by atoms with Gasteiger partial charge in [0.2, 0.25) is 5.91 Å². The minimum atomic E-state index is -0.839. The molecule has 0 spiro atoms. The molecule has 2 N–H and O–H groups in total. The predicted octanol–water partition coefficient (Wildman–Crippen LogP) is 1.04. The zero-order chi connectivity index (χ0) is 11.7. The van der Waals surface area contributed by atoms with E-state index in [1.54, 1.807) is 0 Å². The summed E-state index contributed by atoms with van der Waals surface area (Å²) in [7, 11) is 0. The summed E-state index contributed by atoms with van der Waals surface area (Å²) in [4.78, 5) is 23.1. The summed E-state index contributed by atoms with van der Waals surface area (Å²) < 4.78 is 0. The molecule has 2 bridgehead atoms. The Labute approximate surface area is 94.7 Å². The Morgan fingerprint density at radius 2 is 1.94 bits per heavy atom. The summed E-state index contributed by atoms with van der Waals surface area (Å²) in [6.45, 7) is 2.61. The largest absolute Gasteiger partial charge is 0.481 e. The van der Waals surface area contributed by atoms with E-state index in [1.165, 1.54) is 0 Å². The lowest BCUT2D eigenvalue weighted by Crippen LogP contribution is -2.40. The van der Waals surface area contributed by atoms with Crippen molar-refractivity contribution in [3.05, 3.63) is 12.2 Å². The van der Waals surface area contributed by atoms with Crippen LogP contribution in [0.15, 0.2) is 12.2 Å². The van der Waals surface area contributed by atoms with Crippen LogP contribution in [0.2, 0.25) is 0 Å². The predicted molar refractivity (Wildman–Crippen MR) is 58.7 cm³/mol. The molecule has 4 heteroatoms. The van der Waals surface area contributed by atoms with E-state index < -0.39 is 11.9 Å². The van der Waals surface area contributed by atoms with Gasteiger partial charge in [0.05, 0.1) is 11.8 Å². The van der Waals surface area contributed by atoms with Gasteiger partial charge in [-0.05, 0) is 24.7 Å². The van der Waals surface area contributed by atoms with Gasteiger partial charge in [0.15, 0.2) is 0 Å². The number of carbonyl (C=O) groups excluding carboxylic acids is 1. The maximum atomic E-state index is 11.9. The average molecular weight is 223 g/mol. The molecule has 0 aliphatic heterocycles. The standard InChI is InChI=1S/C12H17NO3/c1-2-5-13-11(14)9-7-3-4-8(6-7)10(9)12(15)16/h3-4,7-10H,2,5-6H2,1H3,(H,13,14)(H,15,16)/t7-,8-,9+,10-/m0/s1. The Bertz CT molecular complexity index is 337. The molecule has 1 saturated carbocycles. The number of fused-ring (bicyclic) bond motifs is 2. The Kier molecular flexibility index (Phi) is 2.99. The Morgan fingerprint density at radius 1 is 1.31 bits per heavy atom. The molecule has 2 rings (SSSR count). The quantitative estimate of drug-likeness (QED) is 0.700. The number of hydrogen-bond acceptors (Lipinski definition) is 2. The number of nitrogens with one attached hydrogen (secondary N) is 1. The van der Waals surface area contributed by atoms with Gasteiger partial charge in [-0.2, -0.15) is 0 Å². The van der Waals surface area contributed by atoms with Crippen LogP contribution in [0.1, 0.15) is 19.8 Å². The lowest BCUT2D eigenvalue weighted by molar-refractivity contribution is -0.147. The molecule has 0 aromatic carbocycles. The first-order valence-corrected chi connectivity index (χ1v) is 5.84. The van der Waals surface area contributed by atoms with E-state index >= 15 is 0 Å². The molecule has 2 aliphatic carbocycles. The highest BCUT2D eigenvalue weighted by Crippen LogP contribution is 2.48. The number of hydrogen-bond donors (Lipinski definition) is 2. The van der Waals surface area contributed by atoms with Gasteiger partial charge in [-0.1, -0.05) is 19.1 Å². The number of rotatable bonds is 4. The van der Waals surface area contributed by atoms with Crippen LogP contribution in [0.3, 0.4) is 0 Å². The van der Waals surface area contributed by atoms with Crippen LogP contribution in [0, 0.1) is 23.7 Å². The van der Waals surface area contributed by atoms with Crippen molar-refractivity contribution in [1.82, 2.24) is 5.32 Å². The summed E-state index contributed by atoms with van der Waals surface area (Å²) in [5.41, 5.74) is 0. The van der Waals surface area contributed by atoms with Crippen molar-refractivity contribution in [3.63, 3.8) is 0 Å². The van der Waals surface area contributed by atoms with E-state index in [0.717, 1.165) is 12.8 Å². The second kappa shape index (κ2) is 4.28. The minimum absolute atomic E-state index is 0.0554. The number of amides is 1. The summed E-state index contributed by atoms with van der Waals surface area (Å²) in [5.74, 6) is -1.63. The Balaban J connectivity index is 2.10. The molecule has 0 aromatic rings. The van der Waals surface area contributed by atoms with Gasteiger partial charge in [0, 0.05) is 6.54 Å². The first-order chi connectivity index (χ1) is 7.65. The normalized spacial score (nSPS) is 35.3. The third kappa shape index (κ3) is 1.72. The zero-order valence-electron chi connectivity index (χ0n) is 9.35. The zero-order valence-corrected chi connectivity index (χ0v) is 9.35. The Hall–Kier alpha value is -1.32. The second-order valence-corrected chi connectivity index (χ2v) is 4.63. The van der Waals surface area contributed by atoms with Gasteiger partial charge in [-0.15, -0.1) is 0 Å². The van der Waals surface area contributed by atoms with Crippen molar-refractivity contribution in [2.24, 2.45) is 23.7 Å². The number of aliphatic carboxylic acids is 1. The van der Waals surface area contributed by atoms with Crippen molar-refractivity contribution >= 4 is 11.9 Å². The van der Waals surface area contributed by atoms with E-state index in [-0.39, 0.29) is 23.7 Å². The number of carboxylic acids is 1. The van der Waals surface area contributed by atoms with Crippen LogP contribution in [-0.4, -0.2) is 23.5 Å². The van der Waals surface area contributed by atoms with Gasteiger partial charge in [-0.25, -0.2) is 0 Å².